The SMILES string of the molecule is NNC1=NC(NN)CN1. The van der Waals surface area contributed by atoms with E-state index in [0.717, 1.165) is 0 Å². The van der Waals surface area contributed by atoms with E-state index >= 15 is 0 Å². The zero-order valence-electron chi connectivity index (χ0n) is 4.89. The Morgan fingerprint density at radius 3 is 2.78 bits per heavy atom. The molecule has 0 aromatic heterocycles. The minimum atomic E-state index is -0.0592. The van der Waals surface area contributed by atoms with Crippen molar-refractivity contribution in [1.82, 2.24) is 16.2 Å². The number of hydrogen-bond donors (Lipinski definition) is 5. The van der Waals surface area contributed by atoms with Gasteiger partial charge in [-0.3, -0.25) is 11.3 Å². The predicted octanol–water partition coefficient (Wildman–Crippen LogP) is -2.80. The summed E-state index contributed by atoms with van der Waals surface area (Å²) in [4.78, 5) is 3.96. The Kier molecular flexibility index (Phi) is 1.83. The summed E-state index contributed by atoms with van der Waals surface area (Å²) < 4.78 is 0. The van der Waals surface area contributed by atoms with Gasteiger partial charge in [0.05, 0.1) is 6.54 Å². The number of hydrazine groups is 2. The summed E-state index contributed by atoms with van der Waals surface area (Å²) in [5.41, 5.74) is 4.85. The van der Waals surface area contributed by atoms with E-state index in [-0.39, 0.29) is 6.17 Å². The van der Waals surface area contributed by atoms with Crippen molar-refractivity contribution in [2.45, 2.75) is 6.17 Å². The first-order valence-corrected chi connectivity index (χ1v) is 2.61. The van der Waals surface area contributed by atoms with Gasteiger partial charge < -0.3 is 5.32 Å². The quantitative estimate of drug-likeness (QED) is 0.195. The highest BCUT2D eigenvalue weighted by molar-refractivity contribution is 5.80. The van der Waals surface area contributed by atoms with Crippen LogP contribution in [-0.4, -0.2) is 18.7 Å². The van der Waals surface area contributed by atoms with E-state index in [1.807, 2.05) is 0 Å². The van der Waals surface area contributed by atoms with E-state index in [1.165, 1.54) is 0 Å². The van der Waals surface area contributed by atoms with Crippen molar-refractivity contribution in [2.75, 3.05) is 6.54 Å². The maximum atomic E-state index is 5.09. The monoisotopic (exact) mass is 130 g/mol. The number of nitrogens with zero attached hydrogens (tertiary/aromatic N) is 1. The van der Waals surface area contributed by atoms with Crippen molar-refractivity contribution in [3.05, 3.63) is 0 Å². The molecule has 0 aromatic carbocycles. The van der Waals surface area contributed by atoms with Gasteiger partial charge in [-0.1, -0.05) is 0 Å². The number of rotatable bonds is 1. The van der Waals surface area contributed by atoms with Gasteiger partial charge in [0.2, 0.25) is 5.96 Å². The molecule has 0 spiro atoms. The van der Waals surface area contributed by atoms with Crippen LogP contribution >= 0.6 is 0 Å². The van der Waals surface area contributed by atoms with Crippen molar-refractivity contribution in [3.8, 4) is 0 Å². The molecule has 1 atom stereocenters. The van der Waals surface area contributed by atoms with Gasteiger partial charge in [0, 0.05) is 0 Å². The molecule has 1 rings (SSSR count). The van der Waals surface area contributed by atoms with E-state index in [2.05, 4.69) is 21.2 Å². The van der Waals surface area contributed by atoms with Crippen LogP contribution in [0.1, 0.15) is 0 Å². The molecule has 0 bridgehead atoms. The van der Waals surface area contributed by atoms with Crippen LogP contribution < -0.4 is 27.9 Å². The Labute approximate surface area is 52.6 Å². The molecule has 0 saturated heterocycles. The van der Waals surface area contributed by atoms with Gasteiger partial charge in [0.1, 0.15) is 6.17 Å². The molecule has 0 fully saturated rings. The normalized spacial score (nSPS) is 25.1. The molecule has 6 nitrogen and oxygen atoms in total. The van der Waals surface area contributed by atoms with Gasteiger partial charge in [0.25, 0.3) is 0 Å². The molecule has 0 aliphatic carbocycles. The fourth-order valence-electron chi connectivity index (χ4n) is 0.625. The third kappa shape index (κ3) is 1.28. The van der Waals surface area contributed by atoms with E-state index in [4.69, 9.17) is 11.7 Å². The molecule has 7 N–H and O–H groups in total. The minimum Gasteiger partial charge on any atom is -0.352 e. The maximum absolute atomic E-state index is 5.09. The molecule has 6 heteroatoms. The second-order valence-electron chi connectivity index (χ2n) is 1.69. The third-order valence-corrected chi connectivity index (χ3v) is 1.08. The maximum Gasteiger partial charge on any atom is 0.207 e. The molecule has 1 aliphatic heterocycles. The van der Waals surface area contributed by atoms with Crippen molar-refractivity contribution in [1.29, 1.82) is 0 Å². The predicted molar refractivity (Wildman–Crippen MR) is 33.9 cm³/mol. The molecule has 1 unspecified atom stereocenters. The first-order chi connectivity index (χ1) is 4.36. The molecule has 9 heavy (non-hydrogen) atoms. The highest BCUT2D eigenvalue weighted by Gasteiger charge is 2.12. The fraction of sp³-hybridized carbons (Fsp3) is 0.667. The second kappa shape index (κ2) is 2.62. The summed E-state index contributed by atoms with van der Waals surface area (Å²) in [5.74, 6) is 10.7. The lowest BCUT2D eigenvalue weighted by molar-refractivity contribution is 0.569. The fourth-order valence-corrected chi connectivity index (χ4v) is 0.625. The lowest BCUT2D eigenvalue weighted by Gasteiger charge is -1.99. The second-order valence-corrected chi connectivity index (χ2v) is 1.69. The van der Waals surface area contributed by atoms with E-state index < -0.39 is 0 Å². The number of aliphatic imine (C=N–C) groups is 1. The molecule has 1 heterocycles. The third-order valence-electron chi connectivity index (χ3n) is 1.08. The Bertz CT molecular complexity index is 119. The van der Waals surface area contributed by atoms with Gasteiger partial charge >= 0.3 is 0 Å². The number of nitrogens with two attached hydrogens (primary N) is 2. The Morgan fingerprint density at radius 2 is 2.44 bits per heavy atom. The largest absolute Gasteiger partial charge is 0.352 e. The summed E-state index contributed by atoms with van der Waals surface area (Å²) in [5, 5.41) is 2.88. The van der Waals surface area contributed by atoms with Crippen LogP contribution in [-0.2, 0) is 0 Å². The standard InChI is InChI=1S/C3H10N6/c4-8-2-1-6-3(7-2)9-5/h2,8H,1,4-5H2,(H2,6,7,9). The first kappa shape index (κ1) is 6.27. The lowest BCUT2D eigenvalue weighted by Crippen LogP contribution is -2.39. The van der Waals surface area contributed by atoms with Crippen molar-refractivity contribution in [3.63, 3.8) is 0 Å². The summed E-state index contributed by atoms with van der Waals surface area (Å²) in [6.45, 7) is 0.677. The van der Waals surface area contributed by atoms with Crippen molar-refractivity contribution in [2.24, 2.45) is 16.7 Å². The van der Waals surface area contributed by atoms with Crippen LogP contribution in [0.5, 0.6) is 0 Å². The molecule has 0 radical (unpaired) electrons. The smallest absolute Gasteiger partial charge is 0.207 e. The molecule has 0 amide bonds. The molecule has 1 aliphatic rings. The molecule has 52 valence electrons. The molecular weight excluding hydrogens is 120 g/mol. The average molecular weight is 130 g/mol. The highest BCUT2D eigenvalue weighted by atomic mass is 15.4. The Morgan fingerprint density at radius 1 is 1.67 bits per heavy atom. The number of nitrogens with one attached hydrogen (secondary N) is 3. The number of hydrogen-bond acceptors (Lipinski definition) is 6. The summed E-state index contributed by atoms with van der Waals surface area (Å²) in [6.07, 6.45) is -0.0592. The van der Waals surface area contributed by atoms with Gasteiger partial charge in [-0.05, 0) is 0 Å². The van der Waals surface area contributed by atoms with Gasteiger partial charge in [-0.15, -0.1) is 0 Å². The zero-order chi connectivity index (χ0) is 6.69. The van der Waals surface area contributed by atoms with Crippen LogP contribution in [0.25, 0.3) is 0 Å². The summed E-state index contributed by atoms with van der Waals surface area (Å²) >= 11 is 0. The summed E-state index contributed by atoms with van der Waals surface area (Å²) in [7, 11) is 0. The van der Waals surface area contributed by atoms with Crippen LogP contribution in [0.4, 0.5) is 0 Å². The minimum absolute atomic E-state index is 0.0592. The Balaban J connectivity index is 2.40. The van der Waals surface area contributed by atoms with E-state index in [9.17, 15) is 0 Å². The van der Waals surface area contributed by atoms with Gasteiger partial charge in [-0.25, -0.2) is 16.3 Å². The Hall–Kier alpha value is -0.850. The first-order valence-electron chi connectivity index (χ1n) is 2.61. The zero-order valence-corrected chi connectivity index (χ0v) is 4.89. The van der Waals surface area contributed by atoms with Crippen molar-refractivity contribution >= 4 is 5.96 Å². The lowest BCUT2D eigenvalue weighted by atomic mass is 10.6. The molecular formula is C3H10N6. The van der Waals surface area contributed by atoms with E-state index in [1.54, 1.807) is 0 Å². The van der Waals surface area contributed by atoms with Gasteiger partial charge in [0.15, 0.2) is 0 Å². The topological polar surface area (TPSA) is 100 Å². The van der Waals surface area contributed by atoms with Crippen LogP contribution in [0, 0.1) is 0 Å². The van der Waals surface area contributed by atoms with E-state index in [0.29, 0.717) is 12.5 Å². The van der Waals surface area contributed by atoms with Gasteiger partial charge in [-0.2, -0.15) is 0 Å². The van der Waals surface area contributed by atoms with Crippen LogP contribution in [0.15, 0.2) is 4.99 Å². The highest BCUT2D eigenvalue weighted by Crippen LogP contribution is 1.88. The average Bonchev–Trinajstić information content (AvgIpc) is 2.34. The van der Waals surface area contributed by atoms with Crippen LogP contribution in [0.3, 0.4) is 0 Å². The van der Waals surface area contributed by atoms with Crippen LogP contribution in [0.2, 0.25) is 0 Å². The molecule has 0 aromatic rings. The van der Waals surface area contributed by atoms with Crippen molar-refractivity contribution < 1.29 is 0 Å². The summed E-state index contributed by atoms with van der Waals surface area (Å²) in [6, 6.07) is 0. The number of guanidine groups is 1. The molecule has 0 saturated carbocycles.